The van der Waals surface area contributed by atoms with Crippen molar-refractivity contribution in [2.75, 3.05) is 74.0 Å². The average molecular weight is 614 g/mol. The van der Waals surface area contributed by atoms with Crippen LogP contribution in [0.1, 0.15) is 38.7 Å². The molecule has 2 aliphatic heterocycles. The SMILES string of the molecule is CC(C)c1ccc(N2C[C@H](CS(C)(=O)=O)[C@H]2C)c2cnc(Nc3ccnc(N4CC[C@H](OCCN(C)C)[C@H](F)C4)n3)cc12. The number of benzene rings is 1. The van der Waals surface area contributed by atoms with Crippen molar-refractivity contribution in [1.82, 2.24) is 19.9 Å². The Labute approximate surface area is 254 Å². The van der Waals surface area contributed by atoms with Crippen LogP contribution in [0, 0.1) is 5.92 Å². The molecule has 0 spiro atoms. The molecule has 0 aliphatic carbocycles. The Kier molecular flexibility index (Phi) is 9.38. The molecule has 3 aromatic rings. The van der Waals surface area contributed by atoms with E-state index in [2.05, 4.69) is 53.1 Å². The fourth-order valence-electron chi connectivity index (χ4n) is 6.00. The van der Waals surface area contributed by atoms with Crippen molar-refractivity contribution in [3.05, 3.63) is 42.2 Å². The van der Waals surface area contributed by atoms with Crippen LogP contribution in [0.4, 0.5) is 27.7 Å². The lowest BCUT2D eigenvalue weighted by Gasteiger charge is -2.48. The van der Waals surface area contributed by atoms with E-state index < -0.39 is 22.1 Å². The predicted octanol–water partition coefficient (Wildman–Crippen LogP) is 4.26. The van der Waals surface area contributed by atoms with Gasteiger partial charge in [-0.3, -0.25) is 0 Å². The summed E-state index contributed by atoms with van der Waals surface area (Å²) < 4.78 is 44.5. The highest BCUT2D eigenvalue weighted by Gasteiger charge is 2.38. The number of ether oxygens (including phenoxy) is 1. The monoisotopic (exact) mass is 613 g/mol. The molecule has 1 aromatic carbocycles. The van der Waals surface area contributed by atoms with Crippen molar-refractivity contribution in [2.24, 2.45) is 5.92 Å². The third-order valence-corrected chi connectivity index (χ3v) is 9.53. The Hall–Kier alpha value is -3.09. The molecule has 12 heteroatoms. The van der Waals surface area contributed by atoms with Gasteiger partial charge in [0.25, 0.3) is 0 Å². The zero-order chi connectivity index (χ0) is 30.9. The summed E-state index contributed by atoms with van der Waals surface area (Å²) in [7, 11) is 0.916. The van der Waals surface area contributed by atoms with Crippen LogP contribution >= 0.6 is 0 Å². The van der Waals surface area contributed by atoms with Crippen LogP contribution < -0.4 is 15.1 Å². The van der Waals surface area contributed by atoms with Gasteiger partial charge < -0.3 is 24.8 Å². The first kappa shape index (κ1) is 31.3. The summed E-state index contributed by atoms with van der Waals surface area (Å²) in [5, 5.41) is 5.45. The highest BCUT2D eigenvalue weighted by Crippen LogP contribution is 2.39. The molecule has 234 valence electrons. The fraction of sp³-hybridized carbons (Fsp3) is 0.581. The number of pyridine rings is 1. The van der Waals surface area contributed by atoms with Gasteiger partial charge in [-0.2, -0.15) is 4.98 Å². The Balaban J connectivity index is 1.32. The molecule has 0 amide bonds. The molecule has 10 nitrogen and oxygen atoms in total. The molecule has 4 atom stereocenters. The number of piperidine rings is 1. The standard InChI is InChI=1S/C31H44FN7O3S/c1-20(2)23-7-8-27(39-17-22(21(39)3)19-43(6,40)41)25-16-34-30(15-24(23)25)35-29-9-11-33-31(36-29)38-12-10-28(26(32)18-38)42-14-13-37(4)5/h7-9,11,15-16,20-22,26,28H,10,12-14,17-19H2,1-6H3,(H,33,34,35,36)/t21-,22-,26-,28+/m1/s1. The number of sulfone groups is 1. The normalized spacial score (nSPS) is 22.8. The van der Waals surface area contributed by atoms with Crippen molar-refractivity contribution in [1.29, 1.82) is 0 Å². The molecule has 0 bridgehead atoms. The number of nitrogens with one attached hydrogen (secondary N) is 1. The third kappa shape index (κ3) is 7.35. The average Bonchev–Trinajstić information content (AvgIpc) is 2.94. The summed E-state index contributed by atoms with van der Waals surface area (Å²) in [5.74, 6) is 2.32. The molecule has 2 saturated heterocycles. The number of likely N-dealkylation sites (N-methyl/N-ethyl adjacent to an activating group) is 1. The van der Waals surface area contributed by atoms with E-state index in [0.29, 0.717) is 49.6 Å². The minimum Gasteiger partial charge on any atom is -0.374 e. The van der Waals surface area contributed by atoms with Gasteiger partial charge in [-0.15, -0.1) is 0 Å². The maximum atomic E-state index is 15.0. The lowest BCUT2D eigenvalue weighted by Crippen LogP contribution is -2.57. The number of aromatic nitrogens is 3. The summed E-state index contributed by atoms with van der Waals surface area (Å²) in [4.78, 5) is 20.0. The summed E-state index contributed by atoms with van der Waals surface area (Å²) in [6, 6.07) is 8.24. The first-order valence-corrected chi connectivity index (χ1v) is 17.1. The number of halogens is 1. The van der Waals surface area contributed by atoms with Crippen molar-refractivity contribution >= 4 is 43.9 Å². The molecule has 2 aliphatic rings. The quantitative estimate of drug-likeness (QED) is 0.338. The van der Waals surface area contributed by atoms with E-state index in [0.717, 1.165) is 23.0 Å². The first-order chi connectivity index (χ1) is 20.4. The van der Waals surface area contributed by atoms with Gasteiger partial charge in [0.05, 0.1) is 25.0 Å². The Morgan fingerprint density at radius 2 is 1.93 bits per heavy atom. The van der Waals surface area contributed by atoms with Gasteiger partial charge in [-0.1, -0.05) is 19.9 Å². The van der Waals surface area contributed by atoms with Crippen molar-refractivity contribution < 1.29 is 17.5 Å². The Morgan fingerprint density at radius 1 is 1.14 bits per heavy atom. The number of hydrogen-bond donors (Lipinski definition) is 1. The molecule has 0 radical (unpaired) electrons. The molecule has 2 aromatic heterocycles. The van der Waals surface area contributed by atoms with Crippen LogP contribution in [-0.2, 0) is 14.6 Å². The second-order valence-electron chi connectivity index (χ2n) is 12.5. The smallest absolute Gasteiger partial charge is 0.227 e. The lowest BCUT2D eigenvalue weighted by atomic mass is 9.88. The van der Waals surface area contributed by atoms with E-state index >= 15 is 0 Å². The molecular formula is C31H44FN7O3S. The number of fused-ring (bicyclic) bond motifs is 1. The number of alkyl halides is 1. The number of rotatable bonds is 11. The van der Waals surface area contributed by atoms with E-state index in [1.807, 2.05) is 36.2 Å². The van der Waals surface area contributed by atoms with Gasteiger partial charge in [-0.25, -0.2) is 22.8 Å². The van der Waals surface area contributed by atoms with Gasteiger partial charge in [0, 0.05) is 61.3 Å². The largest absolute Gasteiger partial charge is 0.374 e. The Morgan fingerprint density at radius 3 is 2.60 bits per heavy atom. The maximum Gasteiger partial charge on any atom is 0.227 e. The number of hydrogen-bond acceptors (Lipinski definition) is 10. The molecule has 4 heterocycles. The summed E-state index contributed by atoms with van der Waals surface area (Å²) in [5.41, 5.74) is 2.27. The van der Waals surface area contributed by atoms with E-state index in [1.165, 1.54) is 11.8 Å². The fourth-order valence-corrected chi connectivity index (χ4v) is 7.16. The zero-order valence-corrected chi connectivity index (χ0v) is 26.8. The molecule has 1 N–H and O–H groups in total. The molecular weight excluding hydrogens is 569 g/mol. The van der Waals surface area contributed by atoms with Crippen LogP contribution in [0.25, 0.3) is 10.8 Å². The molecule has 0 saturated carbocycles. The van der Waals surface area contributed by atoms with Crippen molar-refractivity contribution in [3.8, 4) is 0 Å². The summed E-state index contributed by atoms with van der Waals surface area (Å²) >= 11 is 0. The van der Waals surface area contributed by atoms with Crippen LogP contribution in [-0.4, -0.2) is 105 Å². The summed E-state index contributed by atoms with van der Waals surface area (Å²) in [6.07, 6.45) is 3.91. The lowest BCUT2D eigenvalue weighted by molar-refractivity contribution is -0.0174. The topological polar surface area (TPSA) is 104 Å². The molecule has 0 unspecified atom stereocenters. The maximum absolute atomic E-state index is 15.0. The van der Waals surface area contributed by atoms with Crippen LogP contribution in [0.3, 0.4) is 0 Å². The van der Waals surface area contributed by atoms with Crippen molar-refractivity contribution in [3.63, 3.8) is 0 Å². The van der Waals surface area contributed by atoms with Crippen molar-refractivity contribution in [2.45, 2.75) is 51.4 Å². The van der Waals surface area contributed by atoms with Gasteiger partial charge in [0.1, 0.15) is 27.6 Å². The number of nitrogens with zero attached hydrogens (tertiary/aromatic N) is 6. The van der Waals surface area contributed by atoms with E-state index in [9.17, 15) is 12.8 Å². The highest BCUT2D eigenvalue weighted by atomic mass is 32.2. The van der Waals surface area contributed by atoms with Crippen LogP contribution in [0.5, 0.6) is 0 Å². The second kappa shape index (κ2) is 12.9. The van der Waals surface area contributed by atoms with E-state index in [1.54, 1.807) is 12.3 Å². The summed E-state index contributed by atoms with van der Waals surface area (Å²) in [6.45, 7) is 9.19. The van der Waals surface area contributed by atoms with Gasteiger partial charge >= 0.3 is 0 Å². The minimum atomic E-state index is -3.03. The third-order valence-electron chi connectivity index (χ3n) is 8.50. The predicted molar refractivity (Wildman–Crippen MR) is 171 cm³/mol. The minimum absolute atomic E-state index is 0.116. The zero-order valence-electron chi connectivity index (χ0n) is 26.0. The van der Waals surface area contributed by atoms with Crippen LogP contribution in [0.2, 0.25) is 0 Å². The molecule has 43 heavy (non-hydrogen) atoms. The van der Waals surface area contributed by atoms with Gasteiger partial charge in [0.15, 0.2) is 0 Å². The molecule has 2 fully saturated rings. The van der Waals surface area contributed by atoms with E-state index in [4.69, 9.17) is 9.72 Å². The van der Waals surface area contributed by atoms with Gasteiger partial charge in [-0.05, 0) is 62.5 Å². The van der Waals surface area contributed by atoms with Gasteiger partial charge in [0.2, 0.25) is 5.95 Å². The highest BCUT2D eigenvalue weighted by molar-refractivity contribution is 7.90. The number of anilines is 4. The molecule has 5 rings (SSSR count). The Bertz CT molecular complexity index is 1540. The van der Waals surface area contributed by atoms with E-state index in [-0.39, 0.29) is 24.3 Å². The van der Waals surface area contributed by atoms with Crippen LogP contribution in [0.15, 0.2) is 36.7 Å². The first-order valence-electron chi connectivity index (χ1n) is 15.0. The second-order valence-corrected chi connectivity index (χ2v) is 14.7.